The number of fused-ring (bicyclic) bond motifs is 1. The molecule has 2 aliphatic rings. The molecule has 0 aliphatic carbocycles. The predicted molar refractivity (Wildman–Crippen MR) is 114 cm³/mol. The summed E-state index contributed by atoms with van der Waals surface area (Å²) in [6.07, 6.45) is 1.72. The molecular formula is C23H29N3O5. The summed E-state index contributed by atoms with van der Waals surface area (Å²) in [5.74, 6) is -1.08. The zero-order chi connectivity index (χ0) is 22.9. The quantitative estimate of drug-likeness (QED) is 0.726. The van der Waals surface area contributed by atoms with Crippen LogP contribution < -0.4 is 5.32 Å². The van der Waals surface area contributed by atoms with Crippen LogP contribution in [0.25, 0.3) is 0 Å². The molecule has 1 saturated heterocycles. The van der Waals surface area contributed by atoms with E-state index < -0.39 is 5.54 Å². The minimum absolute atomic E-state index is 0.00403. The highest BCUT2D eigenvalue weighted by Crippen LogP contribution is 2.30. The van der Waals surface area contributed by atoms with Gasteiger partial charge in [-0.25, -0.2) is 0 Å². The number of carbonyl (C=O) groups is 5. The molecule has 0 atom stereocenters. The summed E-state index contributed by atoms with van der Waals surface area (Å²) < 4.78 is 0. The number of hydrogen-bond acceptors (Lipinski definition) is 5. The summed E-state index contributed by atoms with van der Waals surface area (Å²) in [4.78, 5) is 64.2. The standard InChI is InChI=1S/C23H29N3O5/c1-14(27)5-8-19(28)25-11-9-16(10-12-25)24-20(29)15-6-7-17-18(13-15)22(31)26(21(17)30)23(2,3)4/h6-7,13,16H,5,8-12H2,1-4H3,(H,24,29). The Hall–Kier alpha value is -3.03. The largest absolute Gasteiger partial charge is 0.349 e. The number of benzene rings is 1. The van der Waals surface area contributed by atoms with Crippen molar-refractivity contribution in [3.63, 3.8) is 0 Å². The van der Waals surface area contributed by atoms with Gasteiger partial charge in [-0.3, -0.25) is 24.1 Å². The Bertz CT molecular complexity index is 939. The number of piperidine rings is 1. The van der Waals surface area contributed by atoms with Gasteiger partial charge in [-0.15, -0.1) is 0 Å². The number of Topliss-reactive ketones (excluding diaryl/α,β-unsaturated/α-hetero) is 1. The number of nitrogens with one attached hydrogen (secondary N) is 1. The lowest BCUT2D eigenvalue weighted by Crippen LogP contribution is -2.46. The molecule has 1 aromatic rings. The molecule has 0 radical (unpaired) electrons. The van der Waals surface area contributed by atoms with Crippen molar-refractivity contribution in [2.24, 2.45) is 0 Å². The fraction of sp³-hybridized carbons (Fsp3) is 0.522. The lowest BCUT2D eigenvalue weighted by atomic mass is 10.0. The predicted octanol–water partition coefficient (Wildman–Crippen LogP) is 2.17. The first kappa shape index (κ1) is 22.7. The van der Waals surface area contributed by atoms with Gasteiger partial charge in [0.1, 0.15) is 5.78 Å². The third-order valence-corrected chi connectivity index (χ3v) is 5.69. The van der Waals surface area contributed by atoms with Gasteiger partial charge in [0.2, 0.25) is 5.91 Å². The van der Waals surface area contributed by atoms with E-state index in [1.165, 1.54) is 24.0 Å². The van der Waals surface area contributed by atoms with Crippen molar-refractivity contribution in [2.45, 2.75) is 65.0 Å². The van der Waals surface area contributed by atoms with Crippen LogP contribution in [-0.4, -0.2) is 63.9 Å². The fourth-order valence-electron chi connectivity index (χ4n) is 3.97. The molecule has 1 fully saturated rings. The smallest absolute Gasteiger partial charge is 0.262 e. The van der Waals surface area contributed by atoms with Crippen molar-refractivity contribution in [3.05, 3.63) is 34.9 Å². The number of likely N-dealkylation sites (tertiary alicyclic amines) is 1. The molecular weight excluding hydrogens is 398 g/mol. The van der Waals surface area contributed by atoms with Gasteiger partial charge in [-0.2, -0.15) is 0 Å². The van der Waals surface area contributed by atoms with Gasteiger partial charge in [-0.1, -0.05) is 0 Å². The second-order valence-electron chi connectivity index (χ2n) is 9.21. The van der Waals surface area contributed by atoms with E-state index in [1.807, 2.05) is 0 Å². The van der Waals surface area contributed by atoms with Gasteiger partial charge in [0, 0.05) is 43.1 Å². The topological polar surface area (TPSA) is 104 Å². The Morgan fingerprint density at radius 3 is 2.19 bits per heavy atom. The maximum absolute atomic E-state index is 12.7. The van der Waals surface area contributed by atoms with E-state index in [0.29, 0.717) is 37.1 Å². The average molecular weight is 428 g/mol. The molecule has 166 valence electrons. The van der Waals surface area contributed by atoms with Gasteiger partial charge in [0.05, 0.1) is 11.1 Å². The summed E-state index contributed by atoms with van der Waals surface area (Å²) in [7, 11) is 0. The molecule has 2 aliphatic heterocycles. The normalized spacial score (nSPS) is 17.0. The second kappa shape index (κ2) is 8.61. The minimum Gasteiger partial charge on any atom is -0.349 e. The first-order chi connectivity index (χ1) is 14.5. The zero-order valence-electron chi connectivity index (χ0n) is 18.5. The number of carbonyl (C=O) groups excluding carboxylic acids is 5. The van der Waals surface area contributed by atoms with Gasteiger partial charge < -0.3 is 15.0 Å². The second-order valence-corrected chi connectivity index (χ2v) is 9.21. The molecule has 0 bridgehead atoms. The van der Waals surface area contributed by atoms with E-state index in [0.717, 1.165) is 0 Å². The highest BCUT2D eigenvalue weighted by atomic mass is 16.2. The molecule has 0 saturated carbocycles. The van der Waals surface area contributed by atoms with E-state index in [2.05, 4.69) is 5.32 Å². The van der Waals surface area contributed by atoms with Crippen LogP contribution in [0.3, 0.4) is 0 Å². The highest BCUT2D eigenvalue weighted by molar-refractivity contribution is 6.22. The Morgan fingerprint density at radius 1 is 1.00 bits per heavy atom. The fourth-order valence-corrected chi connectivity index (χ4v) is 3.97. The molecule has 0 aromatic heterocycles. The van der Waals surface area contributed by atoms with E-state index in [9.17, 15) is 24.0 Å². The maximum atomic E-state index is 12.7. The lowest BCUT2D eigenvalue weighted by molar-refractivity contribution is -0.133. The molecule has 4 amide bonds. The van der Waals surface area contributed by atoms with E-state index in [4.69, 9.17) is 0 Å². The summed E-state index contributed by atoms with van der Waals surface area (Å²) in [5.41, 5.74) is 0.244. The summed E-state index contributed by atoms with van der Waals surface area (Å²) in [6, 6.07) is 4.50. The Kier molecular flexibility index (Phi) is 6.29. The summed E-state index contributed by atoms with van der Waals surface area (Å²) >= 11 is 0. The maximum Gasteiger partial charge on any atom is 0.262 e. The van der Waals surface area contributed by atoms with E-state index in [-0.39, 0.29) is 53.9 Å². The SMILES string of the molecule is CC(=O)CCC(=O)N1CCC(NC(=O)c2ccc3c(c2)C(=O)N(C(C)(C)C)C3=O)CC1. The summed E-state index contributed by atoms with van der Waals surface area (Å²) in [5, 5.41) is 2.96. The number of ketones is 1. The zero-order valence-corrected chi connectivity index (χ0v) is 18.5. The van der Waals surface area contributed by atoms with Crippen LogP contribution >= 0.6 is 0 Å². The van der Waals surface area contributed by atoms with Crippen molar-refractivity contribution in [3.8, 4) is 0 Å². The molecule has 8 nitrogen and oxygen atoms in total. The van der Waals surface area contributed by atoms with Crippen molar-refractivity contribution >= 4 is 29.4 Å². The first-order valence-electron chi connectivity index (χ1n) is 10.6. The highest BCUT2D eigenvalue weighted by Gasteiger charge is 2.42. The molecule has 1 aromatic carbocycles. The van der Waals surface area contributed by atoms with Crippen LogP contribution in [0, 0.1) is 0 Å². The monoisotopic (exact) mass is 427 g/mol. The van der Waals surface area contributed by atoms with Crippen molar-refractivity contribution in [1.82, 2.24) is 15.1 Å². The van der Waals surface area contributed by atoms with Crippen LogP contribution in [0.15, 0.2) is 18.2 Å². The van der Waals surface area contributed by atoms with Crippen LogP contribution in [0.1, 0.15) is 84.5 Å². The molecule has 8 heteroatoms. The van der Waals surface area contributed by atoms with E-state index in [1.54, 1.807) is 31.7 Å². The van der Waals surface area contributed by atoms with E-state index >= 15 is 0 Å². The molecule has 31 heavy (non-hydrogen) atoms. The molecule has 0 unspecified atom stereocenters. The minimum atomic E-state index is -0.647. The molecule has 2 heterocycles. The Morgan fingerprint density at radius 2 is 1.61 bits per heavy atom. The van der Waals surface area contributed by atoms with Crippen molar-refractivity contribution in [2.75, 3.05) is 13.1 Å². The van der Waals surface area contributed by atoms with Gasteiger partial charge in [0.25, 0.3) is 17.7 Å². The van der Waals surface area contributed by atoms with Crippen molar-refractivity contribution < 1.29 is 24.0 Å². The number of rotatable bonds is 5. The Labute approximate surface area is 182 Å². The number of imide groups is 1. The summed E-state index contributed by atoms with van der Waals surface area (Å²) in [6.45, 7) is 7.90. The molecule has 1 N–H and O–H groups in total. The number of nitrogens with zero attached hydrogens (tertiary/aromatic N) is 2. The lowest BCUT2D eigenvalue weighted by Gasteiger charge is -2.32. The van der Waals surface area contributed by atoms with Gasteiger partial charge in [0.15, 0.2) is 0 Å². The molecule has 3 rings (SSSR count). The number of amides is 4. The van der Waals surface area contributed by atoms with Gasteiger partial charge in [-0.05, 0) is 58.7 Å². The third-order valence-electron chi connectivity index (χ3n) is 5.69. The third kappa shape index (κ3) is 4.84. The molecule has 0 spiro atoms. The number of hydrogen-bond donors (Lipinski definition) is 1. The van der Waals surface area contributed by atoms with Crippen LogP contribution in [0.5, 0.6) is 0 Å². The van der Waals surface area contributed by atoms with Crippen molar-refractivity contribution in [1.29, 1.82) is 0 Å². The van der Waals surface area contributed by atoms with Gasteiger partial charge >= 0.3 is 0 Å². The Balaban J connectivity index is 1.60. The van der Waals surface area contributed by atoms with Crippen LogP contribution in [0.2, 0.25) is 0 Å². The van der Waals surface area contributed by atoms with Crippen LogP contribution in [0.4, 0.5) is 0 Å². The average Bonchev–Trinajstić information content (AvgIpc) is 2.96. The van der Waals surface area contributed by atoms with Crippen LogP contribution in [-0.2, 0) is 9.59 Å². The first-order valence-corrected chi connectivity index (χ1v) is 10.6.